The summed E-state index contributed by atoms with van der Waals surface area (Å²) in [5.74, 6) is -0.618. The lowest BCUT2D eigenvalue weighted by molar-refractivity contribution is 0.104. The summed E-state index contributed by atoms with van der Waals surface area (Å²) in [6, 6.07) is 8.17. The number of phenolic OH excluding ortho intramolecular Hbond substituents is 1. The van der Waals surface area contributed by atoms with Crippen LogP contribution < -0.4 is 5.63 Å². The number of carbonyl (C=O) groups excluding carboxylic acids is 1. The molecular weight excluding hydrogens is 300 g/mol. The molecule has 110 valence electrons. The summed E-state index contributed by atoms with van der Waals surface area (Å²) in [7, 11) is 0. The first-order valence-corrected chi connectivity index (χ1v) is 7.46. The topological polar surface area (TPSA) is 67.5 Å². The Morgan fingerprint density at radius 2 is 2.14 bits per heavy atom. The average molecular weight is 312 g/mol. The van der Waals surface area contributed by atoms with Gasteiger partial charge in [-0.15, -0.1) is 11.3 Å². The molecule has 0 amide bonds. The molecule has 0 aliphatic carbocycles. The van der Waals surface area contributed by atoms with Crippen LogP contribution in [0.4, 0.5) is 0 Å². The number of benzene rings is 1. The normalized spacial score (nSPS) is 11.3. The van der Waals surface area contributed by atoms with Crippen LogP contribution in [0.25, 0.3) is 17.0 Å². The number of aromatic hydroxyl groups is 1. The molecule has 0 radical (unpaired) electrons. The first-order chi connectivity index (χ1) is 10.6. The lowest BCUT2D eigenvalue weighted by atomic mass is 10.0. The quantitative estimate of drug-likeness (QED) is 0.454. The van der Waals surface area contributed by atoms with E-state index >= 15 is 0 Å². The zero-order chi connectivity index (χ0) is 15.7. The molecular formula is C17H12O4S. The van der Waals surface area contributed by atoms with Crippen LogP contribution in [0.15, 0.2) is 51.0 Å². The van der Waals surface area contributed by atoms with E-state index in [1.165, 1.54) is 29.5 Å². The minimum atomic E-state index is -0.549. The molecule has 0 spiro atoms. The first-order valence-electron chi connectivity index (χ1n) is 6.58. The Kier molecular flexibility index (Phi) is 3.65. The highest BCUT2D eigenvalue weighted by Crippen LogP contribution is 2.29. The van der Waals surface area contributed by atoms with Gasteiger partial charge in [-0.2, -0.15) is 0 Å². The molecule has 0 bridgehead atoms. The second-order valence-corrected chi connectivity index (χ2v) is 5.78. The number of rotatable bonds is 3. The molecule has 1 N–H and O–H groups in total. The van der Waals surface area contributed by atoms with Gasteiger partial charge in [-0.05, 0) is 48.2 Å². The Morgan fingerprint density at radius 3 is 2.86 bits per heavy atom. The summed E-state index contributed by atoms with van der Waals surface area (Å²) in [6.45, 7) is 1.76. The maximum Gasteiger partial charge on any atom is 0.336 e. The van der Waals surface area contributed by atoms with Crippen LogP contribution in [0.3, 0.4) is 0 Å². The van der Waals surface area contributed by atoms with Crippen LogP contribution in [0.5, 0.6) is 5.75 Å². The molecule has 0 saturated carbocycles. The number of carbonyl (C=O) groups is 1. The molecule has 22 heavy (non-hydrogen) atoms. The minimum absolute atomic E-state index is 0.00565. The Bertz CT molecular complexity index is 933. The maximum atomic E-state index is 12.4. The fourth-order valence-electron chi connectivity index (χ4n) is 2.24. The summed E-state index contributed by atoms with van der Waals surface area (Å²) in [6.07, 6.45) is 3.03. The Hall–Kier alpha value is -2.66. The van der Waals surface area contributed by atoms with Crippen molar-refractivity contribution in [1.82, 2.24) is 0 Å². The summed E-state index contributed by atoms with van der Waals surface area (Å²) in [4.78, 5) is 24.9. The summed E-state index contributed by atoms with van der Waals surface area (Å²) in [5.41, 5.74) is 0.270. The second-order valence-electron chi connectivity index (χ2n) is 4.80. The second kappa shape index (κ2) is 5.61. The summed E-state index contributed by atoms with van der Waals surface area (Å²) < 4.78 is 5.14. The number of allylic oxidation sites excluding steroid dienone is 1. The maximum absolute atomic E-state index is 12.4. The van der Waals surface area contributed by atoms with Crippen molar-refractivity contribution in [3.63, 3.8) is 0 Å². The molecule has 0 aliphatic rings. The minimum Gasteiger partial charge on any atom is -0.507 e. The van der Waals surface area contributed by atoms with Gasteiger partial charge in [-0.25, -0.2) is 4.79 Å². The highest BCUT2D eigenvalue weighted by atomic mass is 32.1. The highest BCUT2D eigenvalue weighted by molar-refractivity contribution is 7.10. The van der Waals surface area contributed by atoms with Crippen LogP contribution in [0.2, 0.25) is 0 Å². The van der Waals surface area contributed by atoms with Gasteiger partial charge in [0, 0.05) is 16.3 Å². The third-order valence-electron chi connectivity index (χ3n) is 3.29. The fourth-order valence-corrected chi connectivity index (χ4v) is 2.86. The van der Waals surface area contributed by atoms with Gasteiger partial charge in [0.1, 0.15) is 11.3 Å². The molecule has 2 heterocycles. The van der Waals surface area contributed by atoms with Crippen molar-refractivity contribution in [2.24, 2.45) is 0 Å². The van der Waals surface area contributed by atoms with E-state index in [-0.39, 0.29) is 16.9 Å². The Labute approximate surface area is 130 Å². The molecule has 0 atom stereocenters. The number of ketones is 1. The molecule has 0 aliphatic heterocycles. The van der Waals surface area contributed by atoms with Gasteiger partial charge in [-0.1, -0.05) is 6.07 Å². The van der Waals surface area contributed by atoms with Crippen molar-refractivity contribution in [3.8, 4) is 5.75 Å². The van der Waals surface area contributed by atoms with Crippen LogP contribution in [0, 0.1) is 6.92 Å². The van der Waals surface area contributed by atoms with Crippen LogP contribution >= 0.6 is 11.3 Å². The summed E-state index contributed by atoms with van der Waals surface area (Å²) in [5, 5.41) is 12.5. The van der Waals surface area contributed by atoms with Crippen molar-refractivity contribution in [3.05, 3.63) is 68.2 Å². The largest absolute Gasteiger partial charge is 0.507 e. The smallest absolute Gasteiger partial charge is 0.336 e. The van der Waals surface area contributed by atoms with Crippen molar-refractivity contribution >= 4 is 34.2 Å². The van der Waals surface area contributed by atoms with E-state index in [9.17, 15) is 14.7 Å². The standard InChI is InChI=1S/C17H12O4S/c1-10-9-15(20)21-17-12(10)5-7-14(19)16(17)13(18)6-4-11-3-2-8-22-11/h2-9,19H,1H3/b6-4+. The van der Waals surface area contributed by atoms with E-state index in [0.717, 1.165) is 4.88 Å². The zero-order valence-corrected chi connectivity index (χ0v) is 12.5. The van der Waals surface area contributed by atoms with Gasteiger partial charge in [0.05, 0.1) is 0 Å². The van der Waals surface area contributed by atoms with Crippen LogP contribution in [-0.4, -0.2) is 10.9 Å². The fraction of sp³-hybridized carbons (Fsp3) is 0.0588. The van der Waals surface area contributed by atoms with Crippen molar-refractivity contribution in [2.75, 3.05) is 0 Å². The van der Waals surface area contributed by atoms with Gasteiger partial charge in [0.2, 0.25) is 0 Å². The molecule has 4 nitrogen and oxygen atoms in total. The third-order valence-corrected chi connectivity index (χ3v) is 4.12. The molecule has 0 saturated heterocycles. The number of thiophene rings is 1. The lowest BCUT2D eigenvalue weighted by Crippen LogP contribution is -2.03. The molecule has 3 aromatic rings. The highest BCUT2D eigenvalue weighted by Gasteiger charge is 2.17. The molecule has 0 unspecified atom stereocenters. The van der Waals surface area contributed by atoms with Gasteiger partial charge >= 0.3 is 5.63 Å². The van der Waals surface area contributed by atoms with E-state index in [1.54, 1.807) is 19.1 Å². The van der Waals surface area contributed by atoms with Crippen LogP contribution in [0.1, 0.15) is 20.8 Å². The van der Waals surface area contributed by atoms with E-state index in [1.807, 2.05) is 17.5 Å². The monoisotopic (exact) mass is 312 g/mol. The summed E-state index contributed by atoms with van der Waals surface area (Å²) >= 11 is 1.50. The number of aryl methyl sites for hydroxylation is 1. The Morgan fingerprint density at radius 1 is 1.32 bits per heavy atom. The number of phenols is 1. The Balaban J connectivity index is 2.15. The number of hydrogen-bond acceptors (Lipinski definition) is 5. The predicted molar refractivity (Wildman–Crippen MR) is 86.6 cm³/mol. The van der Waals surface area contributed by atoms with Crippen molar-refractivity contribution < 1.29 is 14.3 Å². The zero-order valence-electron chi connectivity index (χ0n) is 11.7. The van der Waals surface area contributed by atoms with E-state index < -0.39 is 11.4 Å². The molecule has 5 heteroatoms. The van der Waals surface area contributed by atoms with Gasteiger partial charge in [0.25, 0.3) is 0 Å². The number of hydrogen-bond donors (Lipinski definition) is 1. The van der Waals surface area contributed by atoms with E-state index in [0.29, 0.717) is 10.9 Å². The van der Waals surface area contributed by atoms with Gasteiger partial charge in [0.15, 0.2) is 11.4 Å². The van der Waals surface area contributed by atoms with E-state index in [4.69, 9.17) is 4.42 Å². The lowest BCUT2D eigenvalue weighted by Gasteiger charge is -2.06. The van der Waals surface area contributed by atoms with Crippen LogP contribution in [-0.2, 0) is 0 Å². The van der Waals surface area contributed by atoms with E-state index in [2.05, 4.69) is 0 Å². The van der Waals surface area contributed by atoms with Crippen molar-refractivity contribution in [1.29, 1.82) is 0 Å². The third kappa shape index (κ3) is 2.58. The van der Waals surface area contributed by atoms with Gasteiger partial charge in [-0.3, -0.25) is 4.79 Å². The first kappa shape index (κ1) is 14.3. The van der Waals surface area contributed by atoms with Crippen molar-refractivity contribution in [2.45, 2.75) is 6.92 Å². The SMILES string of the molecule is Cc1cc(=O)oc2c(C(=O)/C=C/c3cccs3)c(O)ccc12. The average Bonchev–Trinajstić information content (AvgIpc) is 2.97. The molecule has 1 aromatic carbocycles. The van der Waals surface area contributed by atoms with Gasteiger partial charge < -0.3 is 9.52 Å². The predicted octanol–water partition coefficient (Wildman–Crippen LogP) is 3.76. The molecule has 0 fully saturated rings. The molecule has 3 rings (SSSR count). The number of fused-ring (bicyclic) bond motifs is 1. The molecule has 2 aromatic heterocycles.